The van der Waals surface area contributed by atoms with Crippen LogP contribution in [0.1, 0.15) is 34.9 Å². The molecule has 30 heavy (non-hydrogen) atoms. The summed E-state index contributed by atoms with van der Waals surface area (Å²) < 4.78 is 10.5. The maximum Gasteiger partial charge on any atom is 0.259 e. The van der Waals surface area contributed by atoms with E-state index in [-0.39, 0.29) is 11.5 Å². The maximum absolute atomic E-state index is 12.7. The summed E-state index contributed by atoms with van der Waals surface area (Å²) in [6.07, 6.45) is 5.93. The van der Waals surface area contributed by atoms with Crippen LogP contribution in [0.25, 0.3) is 10.2 Å². The maximum atomic E-state index is 12.7. The molecule has 0 saturated carbocycles. The summed E-state index contributed by atoms with van der Waals surface area (Å²) in [5.74, 6) is 2.15. The number of ether oxygens (including phenoxy) is 1. The van der Waals surface area contributed by atoms with E-state index in [4.69, 9.17) is 9.15 Å². The third-order valence-electron chi connectivity index (χ3n) is 5.18. The van der Waals surface area contributed by atoms with Crippen LogP contribution >= 0.6 is 23.1 Å². The Morgan fingerprint density at radius 1 is 1.40 bits per heavy atom. The van der Waals surface area contributed by atoms with Gasteiger partial charge in [-0.3, -0.25) is 9.59 Å². The van der Waals surface area contributed by atoms with Gasteiger partial charge in [0, 0.05) is 18.5 Å². The first kappa shape index (κ1) is 21.1. The molecule has 0 atom stereocenters. The second kappa shape index (κ2) is 9.80. The quantitative estimate of drug-likeness (QED) is 0.541. The van der Waals surface area contributed by atoms with Crippen LogP contribution in [0.5, 0.6) is 0 Å². The van der Waals surface area contributed by atoms with Gasteiger partial charge in [-0.25, -0.2) is 4.98 Å². The fourth-order valence-corrected chi connectivity index (χ4v) is 5.76. The van der Waals surface area contributed by atoms with E-state index in [1.165, 1.54) is 28.6 Å². The third kappa shape index (κ3) is 4.79. The number of H-pyrrole nitrogens is 1. The molecule has 4 rings (SSSR count). The molecule has 160 valence electrons. The molecule has 0 saturated heterocycles. The number of aryl methyl sites for hydroxylation is 2. The molecule has 0 unspecified atom stereocenters. The van der Waals surface area contributed by atoms with Crippen molar-refractivity contribution < 1.29 is 13.9 Å². The normalized spacial score (nSPS) is 13.5. The molecule has 1 aliphatic rings. The van der Waals surface area contributed by atoms with Crippen molar-refractivity contribution in [2.75, 3.05) is 26.0 Å². The zero-order valence-corrected chi connectivity index (χ0v) is 18.6. The highest BCUT2D eigenvalue weighted by atomic mass is 32.2. The minimum absolute atomic E-state index is 0.00321. The number of nitrogens with one attached hydrogen (secondary N) is 1. The van der Waals surface area contributed by atoms with Crippen molar-refractivity contribution in [3.63, 3.8) is 0 Å². The number of fused-ring (bicyclic) bond motifs is 3. The van der Waals surface area contributed by atoms with Gasteiger partial charge >= 0.3 is 0 Å². The van der Waals surface area contributed by atoms with Gasteiger partial charge in [-0.05, 0) is 43.4 Å². The molecule has 1 aliphatic carbocycles. The Labute approximate surface area is 182 Å². The Balaban J connectivity index is 1.39. The molecular weight excluding hydrogens is 422 g/mol. The SMILES string of the molecule is COCCN(Cc1ccco1)C(=O)CSCc1nc2sc3c(c2c(=O)[nH]1)CCCC3. The minimum Gasteiger partial charge on any atom is -0.467 e. The van der Waals surface area contributed by atoms with Gasteiger partial charge in [-0.15, -0.1) is 23.1 Å². The predicted molar refractivity (Wildman–Crippen MR) is 119 cm³/mol. The highest BCUT2D eigenvalue weighted by Crippen LogP contribution is 2.33. The molecule has 0 aliphatic heterocycles. The highest BCUT2D eigenvalue weighted by molar-refractivity contribution is 7.99. The Kier molecular flexibility index (Phi) is 6.91. The summed E-state index contributed by atoms with van der Waals surface area (Å²) >= 11 is 3.09. The molecule has 9 heteroatoms. The Morgan fingerprint density at radius 3 is 3.07 bits per heavy atom. The second-order valence-electron chi connectivity index (χ2n) is 7.28. The summed E-state index contributed by atoms with van der Waals surface area (Å²) in [5.41, 5.74) is 1.14. The molecule has 3 heterocycles. The van der Waals surface area contributed by atoms with Gasteiger partial charge in [0.15, 0.2) is 0 Å². The molecule has 0 fully saturated rings. The Bertz CT molecular complexity index is 1060. The van der Waals surface area contributed by atoms with Crippen LogP contribution in [-0.4, -0.2) is 46.8 Å². The Hall–Kier alpha value is -2.10. The average molecular weight is 448 g/mol. The molecule has 0 spiro atoms. The van der Waals surface area contributed by atoms with Crippen molar-refractivity contribution in [3.8, 4) is 0 Å². The number of aromatic amines is 1. The van der Waals surface area contributed by atoms with E-state index in [0.717, 1.165) is 35.2 Å². The van der Waals surface area contributed by atoms with Gasteiger partial charge in [0.25, 0.3) is 5.56 Å². The van der Waals surface area contributed by atoms with E-state index in [1.54, 1.807) is 29.6 Å². The van der Waals surface area contributed by atoms with Crippen LogP contribution in [0.4, 0.5) is 0 Å². The lowest BCUT2D eigenvalue weighted by Crippen LogP contribution is -2.34. The number of carbonyl (C=O) groups excluding carboxylic acids is 1. The van der Waals surface area contributed by atoms with Gasteiger partial charge in [-0.2, -0.15) is 0 Å². The van der Waals surface area contributed by atoms with Crippen LogP contribution in [-0.2, 0) is 34.7 Å². The topological polar surface area (TPSA) is 88.4 Å². The molecule has 1 N–H and O–H groups in total. The van der Waals surface area contributed by atoms with E-state index in [1.807, 2.05) is 12.1 Å². The van der Waals surface area contributed by atoms with E-state index in [0.29, 0.717) is 37.0 Å². The molecule has 3 aromatic heterocycles. The molecule has 1 amide bonds. The van der Waals surface area contributed by atoms with Crippen molar-refractivity contribution in [1.29, 1.82) is 0 Å². The van der Waals surface area contributed by atoms with Crippen molar-refractivity contribution in [2.45, 2.75) is 38.0 Å². The highest BCUT2D eigenvalue weighted by Gasteiger charge is 2.20. The molecule has 0 bridgehead atoms. The zero-order chi connectivity index (χ0) is 20.9. The predicted octanol–water partition coefficient (Wildman–Crippen LogP) is 3.36. The van der Waals surface area contributed by atoms with E-state index in [9.17, 15) is 9.59 Å². The van der Waals surface area contributed by atoms with Gasteiger partial charge in [0.05, 0.1) is 36.3 Å². The molecule has 0 aromatic carbocycles. The molecule has 3 aromatic rings. The number of thiophene rings is 1. The third-order valence-corrected chi connectivity index (χ3v) is 7.30. The standard InChI is InChI=1S/C21H25N3O4S2/c1-27-10-8-24(11-14-5-4-9-28-14)18(25)13-29-12-17-22-20(26)19-15-6-2-3-7-16(15)30-21(19)23-17/h4-5,9H,2-3,6-8,10-13H2,1H3,(H,22,23,26). The van der Waals surface area contributed by atoms with E-state index < -0.39 is 0 Å². The number of amides is 1. The van der Waals surface area contributed by atoms with Gasteiger partial charge in [0.1, 0.15) is 16.4 Å². The second-order valence-corrected chi connectivity index (χ2v) is 9.35. The number of hydrogen-bond acceptors (Lipinski definition) is 7. The number of methoxy groups -OCH3 is 1. The zero-order valence-electron chi connectivity index (χ0n) is 16.9. The van der Waals surface area contributed by atoms with Crippen LogP contribution in [0.2, 0.25) is 0 Å². The van der Waals surface area contributed by atoms with Gasteiger partial charge in [0.2, 0.25) is 5.91 Å². The number of furan rings is 1. The number of carbonyl (C=O) groups is 1. The number of nitrogens with zero attached hydrogens (tertiary/aromatic N) is 2. The van der Waals surface area contributed by atoms with E-state index in [2.05, 4.69) is 9.97 Å². The van der Waals surface area contributed by atoms with Crippen molar-refractivity contribution in [3.05, 3.63) is 50.8 Å². The molecule has 7 nitrogen and oxygen atoms in total. The lowest BCUT2D eigenvalue weighted by Gasteiger charge is -2.21. The van der Waals surface area contributed by atoms with Crippen LogP contribution < -0.4 is 5.56 Å². The lowest BCUT2D eigenvalue weighted by atomic mass is 9.97. The Morgan fingerprint density at radius 2 is 2.27 bits per heavy atom. The number of rotatable bonds is 9. The summed E-state index contributed by atoms with van der Waals surface area (Å²) in [4.78, 5) is 36.8. The monoisotopic (exact) mass is 447 g/mol. The van der Waals surface area contributed by atoms with Crippen molar-refractivity contribution in [1.82, 2.24) is 14.9 Å². The average Bonchev–Trinajstić information content (AvgIpc) is 3.38. The van der Waals surface area contributed by atoms with Crippen LogP contribution in [0.15, 0.2) is 27.6 Å². The van der Waals surface area contributed by atoms with Crippen molar-refractivity contribution in [2.24, 2.45) is 0 Å². The fourth-order valence-electron chi connectivity index (χ4n) is 3.69. The summed E-state index contributed by atoms with van der Waals surface area (Å²) in [6.45, 7) is 1.38. The molecular formula is C21H25N3O4S2. The van der Waals surface area contributed by atoms with E-state index >= 15 is 0 Å². The summed E-state index contributed by atoms with van der Waals surface area (Å²) in [5, 5.41) is 0.767. The smallest absolute Gasteiger partial charge is 0.259 e. The first-order chi connectivity index (χ1) is 14.7. The molecule has 0 radical (unpaired) electrons. The lowest BCUT2D eigenvalue weighted by molar-refractivity contribution is -0.129. The fraction of sp³-hybridized carbons (Fsp3) is 0.476. The van der Waals surface area contributed by atoms with Crippen molar-refractivity contribution >= 4 is 39.2 Å². The number of thioether (sulfide) groups is 1. The van der Waals surface area contributed by atoms with Crippen LogP contribution in [0.3, 0.4) is 0 Å². The number of aromatic nitrogens is 2. The number of hydrogen-bond donors (Lipinski definition) is 1. The van der Waals surface area contributed by atoms with Crippen LogP contribution in [0, 0.1) is 0 Å². The summed E-state index contributed by atoms with van der Waals surface area (Å²) in [7, 11) is 1.62. The first-order valence-corrected chi connectivity index (χ1v) is 12.0. The summed E-state index contributed by atoms with van der Waals surface area (Å²) in [6, 6.07) is 3.66. The first-order valence-electron chi connectivity index (χ1n) is 10.1. The van der Waals surface area contributed by atoms with Gasteiger partial charge in [-0.1, -0.05) is 0 Å². The minimum atomic E-state index is -0.0548. The van der Waals surface area contributed by atoms with Gasteiger partial charge < -0.3 is 19.0 Å². The largest absolute Gasteiger partial charge is 0.467 e.